The first-order valence-electron chi connectivity index (χ1n) is 8.16. The topological polar surface area (TPSA) is 40.6 Å². The first-order chi connectivity index (χ1) is 11.8. The average molecular weight is 370 g/mol. The van der Waals surface area contributed by atoms with Gasteiger partial charge in [0.2, 0.25) is 11.8 Å². The largest absolute Gasteiger partial charge is 0.417 e. The molecule has 0 aromatic heterocycles. The summed E-state index contributed by atoms with van der Waals surface area (Å²) < 4.78 is 42.5. The van der Waals surface area contributed by atoms with E-state index < -0.39 is 40.7 Å². The fraction of sp³-hybridized carbons (Fsp3) is 0.529. The highest BCUT2D eigenvalue weighted by molar-refractivity contribution is 8.00. The lowest BCUT2D eigenvalue weighted by atomic mass is 9.87. The van der Waals surface area contributed by atoms with Gasteiger partial charge in [0.15, 0.2) is 4.87 Å². The lowest BCUT2D eigenvalue weighted by molar-refractivity contribution is -0.200. The Bertz CT molecular complexity index is 726. The zero-order valence-electron chi connectivity index (χ0n) is 13.5. The average Bonchev–Trinajstić information content (AvgIpc) is 3.19. The van der Waals surface area contributed by atoms with E-state index in [4.69, 9.17) is 0 Å². The number of halogens is 3. The van der Waals surface area contributed by atoms with Gasteiger partial charge >= 0.3 is 6.18 Å². The number of amides is 2. The second-order valence-corrected chi connectivity index (χ2v) is 7.68. The number of benzene rings is 1. The molecule has 3 aliphatic rings. The van der Waals surface area contributed by atoms with Crippen LogP contribution in [0.15, 0.2) is 30.3 Å². The van der Waals surface area contributed by atoms with Crippen LogP contribution in [0.1, 0.15) is 12.8 Å². The van der Waals surface area contributed by atoms with Crippen LogP contribution in [-0.2, 0) is 9.59 Å². The first-order valence-corrected chi connectivity index (χ1v) is 9.38. The molecule has 0 unspecified atom stereocenters. The Morgan fingerprint density at radius 2 is 1.84 bits per heavy atom. The number of nitrogens with zero attached hydrogens (tertiary/aromatic N) is 2. The summed E-state index contributed by atoms with van der Waals surface area (Å²) in [5.41, 5.74) is 0.341. The summed E-state index contributed by atoms with van der Waals surface area (Å²) in [6.45, 7) is 0.268. The van der Waals surface area contributed by atoms with Crippen LogP contribution in [0.3, 0.4) is 0 Å². The summed E-state index contributed by atoms with van der Waals surface area (Å²) >= 11 is 0.644. The number of anilines is 1. The third-order valence-corrected chi connectivity index (χ3v) is 6.99. The summed E-state index contributed by atoms with van der Waals surface area (Å²) in [7, 11) is 0. The second-order valence-electron chi connectivity index (χ2n) is 6.65. The van der Waals surface area contributed by atoms with Crippen molar-refractivity contribution in [1.82, 2.24) is 4.90 Å². The smallest absolute Gasteiger partial charge is 0.277 e. The van der Waals surface area contributed by atoms with Crippen molar-refractivity contribution in [2.24, 2.45) is 11.8 Å². The van der Waals surface area contributed by atoms with Crippen molar-refractivity contribution in [3.05, 3.63) is 30.3 Å². The minimum Gasteiger partial charge on any atom is -0.277 e. The highest BCUT2D eigenvalue weighted by atomic mass is 32.2. The fourth-order valence-electron chi connectivity index (χ4n) is 4.78. The minimum absolute atomic E-state index is 0.268. The maximum atomic E-state index is 14.2. The van der Waals surface area contributed by atoms with Gasteiger partial charge in [-0.2, -0.15) is 13.2 Å². The lowest BCUT2D eigenvalue weighted by Gasteiger charge is -2.41. The van der Waals surface area contributed by atoms with Gasteiger partial charge in [0.05, 0.1) is 17.5 Å². The molecule has 3 heterocycles. The van der Waals surface area contributed by atoms with Crippen molar-refractivity contribution in [1.29, 1.82) is 0 Å². The molecule has 3 fully saturated rings. The van der Waals surface area contributed by atoms with Crippen molar-refractivity contribution in [2.45, 2.75) is 29.9 Å². The zero-order valence-corrected chi connectivity index (χ0v) is 14.3. The van der Waals surface area contributed by atoms with Crippen LogP contribution in [-0.4, -0.2) is 46.6 Å². The van der Waals surface area contributed by atoms with Crippen molar-refractivity contribution < 1.29 is 22.8 Å². The predicted octanol–water partition coefficient (Wildman–Crippen LogP) is 2.89. The number of carbonyl (C=O) groups excluding carboxylic acids is 2. The standard InChI is InChI=1S/C17H17F3N2O2S/c1-25-16(17(18,19)20)13-12(11-8-5-9-21(11)16)14(23)22(15(13)24)10-6-3-2-4-7-10/h2-4,6-7,11-13H,5,8-9H2,1H3/t11-,12+,13-,16-/m1/s1. The van der Waals surface area contributed by atoms with Crippen molar-refractivity contribution in [3.63, 3.8) is 0 Å². The molecule has 0 bridgehead atoms. The second kappa shape index (κ2) is 5.48. The number of carbonyl (C=O) groups is 2. The normalized spacial score (nSPS) is 35.4. The molecule has 3 aliphatic heterocycles. The highest BCUT2D eigenvalue weighted by Gasteiger charge is 2.77. The molecule has 1 aromatic carbocycles. The van der Waals surface area contributed by atoms with Gasteiger partial charge in [0.1, 0.15) is 0 Å². The monoisotopic (exact) mass is 370 g/mol. The number of rotatable bonds is 2. The number of fused-ring (bicyclic) bond motifs is 3. The fourth-order valence-corrected chi connectivity index (χ4v) is 5.97. The van der Waals surface area contributed by atoms with Gasteiger partial charge in [-0.25, -0.2) is 4.90 Å². The SMILES string of the molecule is CS[C@@]1(C(F)(F)F)[C@H]2C(=O)N(c3ccccc3)C(=O)[C@H]2[C@H]2CCCN21. The van der Waals surface area contributed by atoms with E-state index in [0.717, 1.165) is 4.90 Å². The van der Waals surface area contributed by atoms with E-state index in [-0.39, 0.29) is 6.54 Å². The summed E-state index contributed by atoms with van der Waals surface area (Å²) in [5, 5.41) is 0. The van der Waals surface area contributed by atoms with E-state index in [2.05, 4.69) is 0 Å². The van der Waals surface area contributed by atoms with Crippen LogP contribution in [0.2, 0.25) is 0 Å². The van der Waals surface area contributed by atoms with E-state index in [9.17, 15) is 22.8 Å². The van der Waals surface area contributed by atoms with Crippen LogP contribution >= 0.6 is 11.8 Å². The van der Waals surface area contributed by atoms with Gasteiger partial charge in [-0.15, -0.1) is 11.8 Å². The highest BCUT2D eigenvalue weighted by Crippen LogP contribution is 2.62. The molecule has 3 saturated heterocycles. The molecule has 4 rings (SSSR count). The van der Waals surface area contributed by atoms with E-state index in [0.29, 0.717) is 30.3 Å². The molecule has 0 N–H and O–H groups in total. The lowest BCUT2D eigenvalue weighted by Crippen LogP contribution is -2.59. The molecule has 0 radical (unpaired) electrons. The van der Waals surface area contributed by atoms with E-state index in [1.165, 1.54) is 11.2 Å². The number of alkyl halides is 3. The molecular formula is C17H17F3N2O2S. The zero-order chi connectivity index (χ0) is 18.0. The molecule has 0 spiro atoms. The molecular weight excluding hydrogens is 353 g/mol. The summed E-state index contributed by atoms with van der Waals surface area (Å²) in [4.78, 5) is 26.0. The van der Waals surface area contributed by atoms with Gasteiger partial charge in [-0.1, -0.05) is 18.2 Å². The first kappa shape index (κ1) is 16.9. The van der Waals surface area contributed by atoms with Crippen LogP contribution in [0.4, 0.5) is 18.9 Å². The Labute approximate surface area is 147 Å². The third kappa shape index (κ3) is 2.01. The molecule has 0 saturated carbocycles. The van der Waals surface area contributed by atoms with Gasteiger partial charge in [-0.3, -0.25) is 14.5 Å². The van der Waals surface area contributed by atoms with Crippen molar-refractivity contribution in [3.8, 4) is 0 Å². The summed E-state index contributed by atoms with van der Waals surface area (Å²) in [5.74, 6) is -3.55. The van der Waals surface area contributed by atoms with Gasteiger partial charge in [0, 0.05) is 12.6 Å². The molecule has 8 heteroatoms. The van der Waals surface area contributed by atoms with Gasteiger partial charge in [-0.05, 0) is 31.2 Å². The molecule has 4 atom stereocenters. The Hall–Kier alpha value is -1.54. The molecule has 1 aromatic rings. The molecule has 2 amide bonds. The molecule has 4 nitrogen and oxygen atoms in total. The summed E-state index contributed by atoms with van der Waals surface area (Å²) in [6.07, 6.45) is -2.09. The number of thioether (sulfide) groups is 1. The minimum atomic E-state index is -4.60. The number of para-hydroxylation sites is 1. The number of hydrogen-bond acceptors (Lipinski definition) is 4. The molecule has 134 valence electrons. The Balaban J connectivity index is 1.86. The molecule has 0 aliphatic carbocycles. The van der Waals surface area contributed by atoms with Crippen molar-refractivity contribution in [2.75, 3.05) is 17.7 Å². The van der Waals surface area contributed by atoms with E-state index in [1.54, 1.807) is 30.3 Å². The maximum absolute atomic E-state index is 14.2. The van der Waals surface area contributed by atoms with Crippen LogP contribution in [0, 0.1) is 11.8 Å². The van der Waals surface area contributed by atoms with Crippen molar-refractivity contribution >= 4 is 29.3 Å². The number of imide groups is 1. The van der Waals surface area contributed by atoms with Crippen LogP contribution < -0.4 is 4.90 Å². The Morgan fingerprint density at radius 1 is 1.16 bits per heavy atom. The quantitative estimate of drug-likeness (QED) is 0.751. The van der Waals surface area contributed by atoms with E-state index >= 15 is 0 Å². The van der Waals surface area contributed by atoms with Gasteiger partial charge < -0.3 is 0 Å². The van der Waals surface area contributed by atoms with Gasteiger partial charge in [0.25, 0.3) is 0 Å². The number of hydrogen-bond donors (Lipinski definition) is 0. The van der Waals surface area contributed by atoms with E-state index in [1.807, 2.05) is 0 Å². The van der Waals surface area contributed by atoms with Crippen LogP contribution in [0.25, 0.3) is 0 Å². The summed E-state index contributed by atoms with van der Waals surface area (Å²) in [6, 6.07) is 7.70. The predicted molar refractivity (Wildman–Crippen MR) is 87.9 cm³/mol. The third-order valence-electron chi connectivity index (χ3n) is 5.64. The Kier molecular flexibility index (Phi) is 3.70. The molecule has 25 heavy (non-hydrogen) atoms. The Morgan fingerprint density at radius 3 is 2.44 bits per heavy atom. The maximum Gasteiger partial charge on any atom is 0.417 e. The van der Waals surface area contributed by atoms with Crippen LogP contribution in [0.5, 0.6) is 0 Å².